The number of rotatable bonds is 5. The molecule has 0 spiro atoms. The lowest BCUT2D eigenvalue weighted by Crippen LogP contribution is -2.28. The highest BCUT2D eigenvalue weighted by atomic mass is 19.1. The lowest BCUT2D eigenvalue weighted by molar-refractivity contribution is 0.0937. The average molecular weight is 344 g/mol. The molecule has 0 radical (unpaired) electrons. The van der Waals surface area contributed by atoms with E-state index in [1.165, 1.54) is 12.1 Å². The molecule has 0 aliphatic carbocycles. The molecular weight excluding hydrogens is 323 g/mol. The van der Waals surface area contributed by atoms with Crippen LogP contribution in [0.1, 0.15) is 53.0 Å². The second-order valence-electron chi connectivity index (χ2n) is 6.03. The summed E-state index contributed by atoms with van der Waals surface area (Å²) in [7, 11) is 0. The smallest absolute Gasteiger partial charge is 0.287 e. The highest BCUT2D eigenvalue weighted by molar-refractivity contribution is 6.05. The summed E-state index contributed by atoms with van der Waals surface area (Å²) < 4.78 is 15.6. The van der Waals surface area contributed by atoms with Gasteiger partial charge in [-0.3, -0.25) is 9.59 Å². The van der Waals surface area contributed by atoms with Crippen LogP contribution in [0.5, 0.6) is 0 Å². The zero-order chi connectivity index (χ0) is 17.8. The Morgan fingerprint density at radius 1 is 1.24 bits per heavy atom. The maximum absolute atomic E-state index is 13.8. The van der Waals surface area contributed by atoms with E-state index in [0.29, 0.717) is 19.5 Å². The van der Waals surface area contributed by atoms with Crippen molar-refractivity contribution in [3.05, 3.63) is 47.3 Å². The lowest BCUT2D eigenvalue weighted by atomic mass is 10.1. The molecular formula is C18H21FN4O2. The molecule has 2 amide bonds. The molecule has 2 aromatic rings. The van der Waals surface area contributed by atoms with Crippen LogP contribution in [0.15, 0.2) is 24.3 Å². The molecule has 132 valence electrons. The number of benzene rings is 1. The summed E-state index contributed by atoms with van der Waals surface area (Å²) in [5, 5.41) is 5.35. The van der Waals surface area contributed by atoms with Gasteiger partial charge in [-0.05, 0) is 37.8 Å². The number of carbonyl (C=O) groups is 2. The summed E-state index contributed by atoms with van der Waals surface area (Å²) in [4.78, 5) is 29.2. The molecule has 0 saturated carbocycles. The van der Waals surface area contributed by atoms with Gasteiger partial charge >= 0.3 is 0 Å². The first-order valence-corrected chi connectivity index (χ1v) is 8.55. The van der Waals surface area contributed by atoms with E-state index in [4.69, 9.17) is 0 Å². The van der Waals surface area contributed by atoms with Crippen molar-refractivity contribution >= 4 is 17.5 Å². The van der Waals surface area contributed by atoms with Gasteiger partial charge < -0.3 is 15.2 Å². The summed E-state index contributed by atoms with van der Waals surface area (Å²) in [5.41, 5.74) is 1.04. The molecule has 1 aliphatic rings. The Bertz CT molecular complexity index is 800. The van der Waals surface area contributed by atoms with Crippen molar-refractivity contribution in [2.75, 3.05) is 11.9 Å². The van der Waals surface area contributed by atoms with E-state index in [0.717, 1.165) is 25.0 Å². The number of nitrogens with zero attached hydrogens (tertiary/aromatic N) is 2. The number of hydrogen-bond donors (Lipinski definition) is 2. The van der Waals surface area contributed by atoms with Crippen molar-refractivity contribution in [1.29, 1.82) is 0 Å². The normalized spacial score (nSPS) is 13.2. The Labute approximate surface area is 145 Å². The summed E-state index contributed by atoms with van der Waals surface area (Å²) in [6.45, 7) is 3.18. The molecule has 7 heteroatoms. The van der Waals surface area contributed by atoms with Crippen molar-refractivity contribution in [2.45, 2.75) is 39.2 Å². The number of aromatic nitrogens is 2. The fourth-order valence-corrected chi connectivity index (χ4v) is 2.96. The highest BCUT2D eigenvalue weighted by Crippen LogP contribution is 2.22. The molecule has 0 fully saturated rings. The molecule has 1 aromatic carbocycles. The van der Waals surface area contributed by atoms with Gasteiger partial charge in [-0.15, -0.1) is 0 Å². The van der Waals surface area contributed by atoms with Gasteiger partial charge in [-0.25, -0.2) is 9.37 Å². The first kappa shape index (κ1) is 17.1. The first-order valence-electron chi connectivity index (χ1n) is 8.55. The third-order valence-electron chi connectivity index (χ3n) is 4.19. The second-order valence-corrected chi connectivity index (χ2v) is 6.03. The van der Waals surface area contributed by atoms with Crippen LogP contribution < -0.4 is 10.6 Å². The van der Waals surface area contributed by atoms with Crippen molar-refractivity contribution in [3.8, 4) is 0 Å². The Kier molecular flexibility index (Phi) is 5.11. The first-order chi connectivity index (χ1) is 12.1. The number of amides is 2. The summed E-state index contributed by atoms with van der Waals surface area (Å²) >= 11 is 0. The topological polar surface area (TPSA) is 76.0 Å². The number of carbonyl (C=O) groups excluding carboxylic acids is 2. The third-order valence-corrected chi connectivity index (χ3v) is 4.19. The van der Waals surface area contributed by atoms with E-state index in [2.05, 4.69) is 15.6 Å². The van der Waals surface area contributed by atoms with E-state index in [-0.39, 0.29) is 23.1 Å². The van der Waals surface area contributed by atoms with Crippen LogP contribution in [0.25, 0.3) is 0 Å². The maximum atomic E-state index is 13.8. The molecule has 6 nitrogen and oxygen atoms in total. The van der Waals surface area contributed by atoms with Gasteiger partial charge in [0.15, 0.2) is 11.5 Å². The molecule has 0 unspecified atom stereocenters. The van der Waals surface area contributed by atoms with Crippen molar-refractivity contribution in [1.82, 2.24) is 14.9 Å². The second kappa shape index (κ2) is 7.46. The van der Waals surface area contributed by atoms with E-state index in [1.807, 2.05) is 11.5 Å². The predicted molar refractivity (Wildman–Crippen MR) is 92.1 cm³/mol. The fourth-order valence-electron chi connectivity index (χ4n) is 2.96. The summed E-state index contributed by atoms with van der Waals surface area (Å²) in [6.07, 6.45) is 3.36. The van der Waals surface area contributed by atoms with Crippen LogP contribution in [0.2, 0.25) is 0 Å². The molecule has 2 N–H and O–H groups in total. The van der Waals surface area contributed by atoms with Crippen LogP contribution in [-0.4, -0.2) is 27.9 Å². The number of halogens is 1. The van der Waals surface area contributed by atoms with Gasteiger partial charge in [0.1, 0.15) is 5.82 Å². The third kappa shape index (κ3) is 3.55. The minimum Gasteiger partial charge on any atom is -0.349 e. The monoisotopic (exact) mass is 344 g/mol. The SMILES string of the molecule is CCCNC(=O)c1nc(C(=O)Nc2ccccc2F)c2n1CCCC2. The van der Waals surface area contributed by atoms with Crippen LogP contribution in [-0.2, 0) is 13.0 Å². The Morgan fingerprint density at radius 3 is 2.80 bits per heavy atom. The fraction of sp³-hybridized carbons (Fsp3) is 0.389. The lowest BCUT2D eigenvalue weighted by Gasteiger charge is -2.17. The zero-order valence-electron chi connectivity index (χ0n) is 14.1. The number of hydrogen-bond acceptors (Lipinski definition) is 3. The Morgan fingerprint density at radius 2 is 2.04 bits per heavy atom. The van der Waals surface area contributed by atoms with Crippen LogP contribution >= 0.6 is 0 Å². The molecule has 0 atom stereocenters. The number of fused-ring (bicyclic) bond motifs is 1. The van der Waals surface area contributed by atoms with Crippen LogP contribution in [0.3, 0.4) is 0 Å². The molecule has 25 heavy (non-hydrogen) atoms. The van der Waals surface area contributed by atoms with E-state index in [1.54, 1.807) is 12.1 Å². The van der Waals surface area contributed by atoms with Gasteiger partial charge in [0, 0.05) is 13.1 Å². The molecule has 3 rings (SSSR count). The van der Waals surface area contributed by atoms with Gasteiger partial charge in [0.25, 0.3) is 11.8 Å². The minimum atomic E-state index is -0.509. The number of nitrogens with one attached hydrogen (secondary N) is 2. The molecule has 0 saturated heterocycles. The molecule has 0 bridgehead atoms. The largest absolute Gasteiger partial charge is 0.349 e. The number of para-hydroxylation sites is 1. The maximum Gasteiger partial charge on any atom is 0.287 e. The van der Waals surface area contributed by atoms with E-state index >= 15 is 0 Å². The van der Waals surface area contributed by atoms with Crippen molar-refractivity contribution in [3.63, 3.8) is 0 Å². The number of anilines is 1. The number of imidazole rings is 1. The minimum absolute atomic E-state index is 0.0991. The molecule has 1 aromatic heterocycles. The van der Waals surface area contributed by atoms with Crippen molar-refractivity contribution < 1.29 is 14.0 Å². The van der Waals surface area contributed by atoms with Gasteiger partial charge in [-0.1, -0.05) is 19.1 Å². The predicted octanol–water partition coefficient (Wildman–Crippen LogP) is 2.75. The average Bonchev–Trinajstić information content (AvgIpc) is 3.01. The van der Waals surface area contributed by atoms with E-state index in [9.17, 15) is 14.0 Å². The Balaban J connectivity index is 1.90. The quantitative estimate of drug-likeness (QED) is 0.876. The summed E-state index contributed by atoms with van der Waals surface area (Å²) in [5.74, 6) is -1.04. The van der Waals surface area contributed by atoms with Crippen LogP contribution in [0, 0.1) is 5.82 Å². The molecule has 1 aliphatic heterocycles. The standard InChI is InChI=1S/C18H21FN4O2/c1-2-10-20-18(25)16-22-15(14-9-5-6-11-23(14)16)17(24)21-13-8-4-3-7-12(13)19/h3-4,7-8H,2,5-6,9-11H2,1H3,(H,20,25)(H,21,24). The molecule has 2 heterocycles. The van der Waals surface area contributed by atoms with Crippen molar-refractivity contribution in [2.24, 2.45) is 0 Å². The highest BCUT2D eigenvalue weighted by Gasteiger charge is 2.27. The van der Waals surface area contributed by atoms with Gasteiger partial charge in [0.2, 0.25) is 0 Å². The summed E-state index contributed by atoms with van der Waals surface area (Å²) in [6, 6.07) is 5.97. The van der Waals surface area contributed by atoms with Gasteiger partial charge in [-0.2, -0.15) is 0 Å². The Hall–Kier alpha value is -2.70. The van der Waals surface area contributed by atoms with Crippen LogP contribution in [0.4, 0.5) is 10.1 Å². The zero-order valence-corrected chi connectivity index (χ0v) is 14.1. The van der Waals surface area contributed by atoms with E-state index < -0.39 is 11.7 Å². The van der Waals surface area contributed by atoms with Gasteiger partial charge in [0.05, 0.1) is 11.4 Å².